The summed E-state index contributed by atoms with van der Waals surface area (Å²) in [5.74, 6) is 0.713. The lowest BCUT2D eigenvalue weighted by molar-refractivity contribution is 0.871. The van der Waals surface area contributed by atoms with Gasteiger partial charge in [0.05, 0.1) is 10.0 Å². The van der Waals surface area contributed by atoms with Gasteiger partial charge in [-0.05, 0) is 52.8 Å². The van der Waals surface area contributed by atoms with Crippen molar-refractivity contribution in [3.8, 4) is 11.4 Å². The number of nitrogens with one attached hydrogen (secondary N) is 1. The predicted octanol–water partition coefficient (Wildman–Crippen LogP) is 4.62. The third-order valence-corrected chi connectivity index (χ3v) is 4.75. The van der Waals surface area contributed by atoms with Gasteiger partial charge in [-0.25, -0.2) is 5.10 Å². The Balaban J connectivity index is 2.04. The Bertz CT molecular complexity index is 860. The van der Waals surface area contributed by atoms with Crippen molar-refractivity contribution in [3.05, 3.63) is 55.4 Å². The van der Waals surface area contributed by atoms with E-state index in [0.29, 0.717) is 10.6 Å². The van der Waals surface area contributed by atoms with Gasteiger partial charge in [-0.15, -0.1) is 11.3 Å². The zero-order chi connectivity index (χ0) is 14.8. The highest BCUT2D eigenvalue weighted by molar-refractivity contribution is 9.11. The van der Waals surface area contributed by atoms with E-state index >= 15 is 0 Å². The molecular weight excluding hydrogens is 368 g/mol. The average molecular weight is 379 g/mol. The van der Waals surface area contributed by atoms with Crippen molar-refractivity contribution in [1.29, 1.82) is 0 Å². The highest BCUT2D eigenvalue weighted by Gasteiger charge is 2.10. The Labute approximate surface area is 139 Å². The molecule has 2 heterocycles. The van der Waals surface area contributed by atoms with E-state index in [1.165, 1.54) is 0 Å². The van der Waals surface area contributed by atoms with Crippen molar-refractivity contribution in [2.45, 2.75) is 6.92 Å². The Kier molecular flexibility index (Phi) is 4.14. The fraction of sp³-hybridized carbons (Fsp3) is 0.0714. The number of nitrogens with zero attached hydrogens (tertiary/aromatic N) is 3. The van der Waals surface area contributed by atoms with Crippen molar-refractivity contribution in [1.82, 2.24) is 14.9 Å². The fourth-order valence-corrected chi connectivity index (χ4v) is 3.38. The molecule has 3 rings (SSSR count). The number of aromatic nitrogens is 3. The fourth-order valence-electron chi connectivity index (χ4n) is 1.91. The largest absolute Gasteiger partial charge is 0.250 e. The van der Waals surface area contributed by atoms with Crippen LogP contribution >= 0.6 is 39.5 Å². The maximum Gasteiger partial charge on any atom is 0.216 e. The number of thiophene rings is 1. The molecule has 0 spiro atoms. The molecule has 106 valence electrons. The Morgan fingerprint density at radius 3 is 2.86 bits per heavy atom. The van der Waals surface area contributed by atoms with E-state index in [4.69, 9.17) is 12.2 Å². The zero-order valence-corrected chi connectivity index (χ0v) is 14.3. The number of rotatable bonds is 3. The molecule has 3 aromatic rings. The number of H-pyrrole nitrogens is 1. The van der Waals surface area contributed by atoms with Crippen LogP contribution < -0.4 is 0 Å². The van der Waals surface area contributed by atoms with E-state index in [-0.39, 0.29) is 0 Å². The summed E-state index contributed by atoms with van der Waals surface area (Å²) in [6.07, 6.45) is 1.78. The van der Waals surface area contributed by atoms with Crippen molar-refractivity contribution in [2.24, 2.45) is 5.10 Å². The van der Waals surface area contributed by atoms with Crippen LogP contribution in [0.15, 0.2) is 45.3 Å². The standard InChI is InChI=1S/C14H11BrN4S2/c1-9-4-2-3-5-11(9)13-17-18-14(20)19(13)16-8-10-6-7-12(15)21-10/h2-8H,1H3,(H,18,20). The lowest BCUT2D eigenvalue weighted by Gasteiger charge is -2.03. The minimum absolute atomic E-state index is 0.472. The van der Waals surface area contributed by atoms with Crippen molar-refractivity contribution in [2.75, 3.05) is 0 Å². The highest BCUT2D eigenvalue weighted by atomic mass is 79.9. The van der Waals surface area contributed by atoms with Crippen molar-refractivity contribution >= 4 is 45.7 Å². The second-order valence-electron chi connectivity index (χ2n) is 4.37. The highest BCUT2D eigenvalue weighted by Crippen LogP contribution is 2.22. The molecule has 0 unspecified atom stereocenters. The van der Waals surface area contributed by atoms with Crippen LogP contribution in [0.1, 0.15) is 10.4 Å². The van der Waals surface area contributed by atoms with Crippen LogP contribution in [0.5, 0.6) is 0 Å². The van der Waals surface area contributed by atoms with Gasteiger partial charge in [-0.1, -0.05) is 24.3 Å². The summed E-state index contributed by atoms with van der Waals surface area (Å²) in [6.45, 7) is 2.04. The summed E-state index contributed by atoms with van der Waals surface area (Å²) >= 11 is 10.3. The van der Waals surface area contributed by atoms with Gasteiger partial charge in [-0.2, -0.15) is 14.9 Å². The van der Waals surface area contributed by atoms with E-state index in [0.717, 1.165) is 19.8 Å². The number of hydrogen-bond donors (Lipinski definition) is 1. The second kappa shape index (κ2) is 6.05. The molecular formula is C14H11BrN4S2. The maximum atomic E-state index is 5.26. The maximum absolute atomic E-state index is 5.26. The van der Waals surface area contributed by atoms with Crippen molar-refractivity contribution < 1.29 is 0 Å². The molecule has 0 saturated heterocycles. The topological polar surface area (TPSA) is 46.0 Å². The lowest BCUT2D eigenvalue weighted by atomic mass is 10.1. The molecule has 0 fully saturated rings. The van der Waals surface area contributed by atoms with E-state index in [1.807, 2.05) is 43.3 Å². The third-order valence-electron chi connectivity index (χ3n) is 2.93. The van der Waals surface area contributed by atoms with Gasteiger partial charge in [0.2, 0.25) is 4.77 Å². The van der Waals surface area contributed by atoms with Crippen LogP contribution in [0.3, 0.4) is 0 Å². The summed E-state index contributed by atoms with van der Waals surface area (Å²) in [4.78, 5) is 1.04. The SMILES string of the molecule is Cc1ccccc1-c1n[nH]c(=S)n1N=Cc1ccc(Br)s1. The predicted molar refractivity (Wildman–Crippen MR) is 92.6 cm³/mol. The van der Waals surface area contributed by atoms with Crippen LogP contribution in [0, 0.1) is 11.7 Å². The molecule has 0 aliphatic rings. The lowest BCUT2D eigenvalue weighted by Crippen LogP contribution is -1.95. The summed E-state index contributed by atoms with van der Waals surface area (Å²) in [5, 5.41) is 11.5. The molecule has 0 saturated carbocycles. The van der Waals surface area contributed by atoms with E-state index < -0.39 is 0 Å². The molecule has 0 aliphatic carbocycles. The molecule has 7 heteroatoms. The first-order valence-corrected chi connectivity index (χ1v) is 8.20. The van der Waals surface area contributed by atoms with Gasteiger partial charge < -0.3 is 0 Å². The summed E-state index contributed by atoms with van der Waals surface area (Å²) in [7, 11) is 0. The Morgan fingerprint density at radius 2 is 2.14 bits per heavy atom. The second-order valence-corrected chi connectivity index (χ2v) is 7.25. The number of aromatic amines is 1. The van der Waals surface area contributed by atoms with Gasteiger partial charge in [0.25, 0.3) is 0 Å². The Morgan fingerprint density at radius 1 is 1.33 bits per heavy atom. The van der Waals surface area contributed by atoms with Crippen LogP contribution in [0.2, 0.25) is 0 Å². The quantitative estimate of drug-likeness (QED) is 0.533. The van der Waals surface area contributed by atoms with Crippen molar-refractivity contribution in [3.63, 3.8) is 0 Å². The zero-order valence-electron chi connectivity index (χ0n) is 11.1. The molecule has 21 heavy (non-hydrogen) atoms. The summed E-state index contributed by atoms with van der Waals surface area (Å²) in [5.41, 5.74) is 2.14. The van der Waals surface area contributed by atoms with Gasteiger partial charge in [0.1, 0.15) is 0 Å². The minimum Gasteiger partial charge on any atom is -0.250 e. The molecule has 1 aromatic carbocycles. The first-order valence-electron chi connectivity index (χ1n) is 6.18. The normalized spacial score (nSPS) is 11.3. The smallest absolute Gasteiger partial charge is 0.216 e. The molecule has 1 N–H and O–H groups in total. The number of halogens is 1. The first-order chi connectivity index (χ1) is 10.1. The van der Waals surface area contributed by atoms with Crippen LogP contribution in [-0.4, -0.2) is 21.1 Å². The summed E-state index contributed by atoms with van der Waals surface area (Å²) < 4.78 is 3.18. The first kappa shape index (κ1) is 14.4. The van der Waals surface area contributed by atoms with Gasteiger partial charge in [0, 0.05) is 10.4 Å². The van der Waals surface area contributed by atoms with Gasteiger partial charge in [0.15, 0.2) is 5.82 Å². The van der Waals surface area contributed by atoms with Gasteiger partial charge >= 0.3 is 0 Å². The number of benzene rings is 1. The monoisotopic (exact) mass is 378 g/mol. The molecule has 2 aromatic heterocycles. The average Bonchev–Trinajstić information content (AvgIpc) is 3.04. The molecule has 0 atom stereocenters. The summed E-state index contributed by atoms with van der Waals surface area (Å²) in [6, 6.07) is 12.0. The molecule has 0 aliphatic heterocycles. The van der Waals surface area contributed by atoms with Crippen LogP contribution in [0.4, 0.5) is 0 Å². The van der Waals surface area contributed by atoms with E-state index in [1.54, 1.807) is 22.2 Å². The Hall–Kier alpha value is -1.57. The van der Waals surface area contributed by atoms with Gasteiger partial charge in [-0.3, -0.25) is 0 Å². The van der Waals surface area contributed by atoms with Crippen LogP contribution in [0.25, 0.3) is 11.4 Å². The number of aryl methyl sites for hydroxylation is 1. The molecule has 0 bridgehead atoms. The molecule has 0 amide bonds. The molecule has 0 radical (unpaired) electrons. The third kappa shape index (κ3) is 3.04. The number of hydrogen-bond acceptors (Lipinski definition) is 4. The minimum atomic E-state index is 0.472. The van der Waals surface area contributed by atoms with E-state index in [2.05, 4.69) is 31.2 Å². The van der Waals surface area contributed by atoms with Crippen LogP contribution in [-0.2, 0) is 0 Å². The molecule has 4 nitrogen and oxygen atoms in total. The van der Waals surface area contributed by atoms with E-state index in [9.17, 15) is 0 Å².